The molecule has 1 rings (SSSR count). The van der Waals surface area contributed by atoms with Gasteiger partial charge in [0.15, 0.2) is 0 Å². The van der Waals surface area contributed by atoms with Crippen LogP contribution in [-0.2, 0) is 0 Å². The molecule has 3 heteroatoms. The monoisotopic (exact) mass is 204 g/mol. The molecule has 0 bridgehead atoms. The highest BCUT2D eigenvalue weighted by molar-refractivity contribution is 5.50. The van der Waals surface area contributed by atoms with Crippen molar-refractivity contribution < 1.29 is 4.39 Å². The fourth-order valence-corrected chi connectivity index (χ4v) is 1.36. The van der Waals surface area contributed by atoms with E-state index in [1.54, 1.807) is 18.2 Å². The molecule has 1 aromatic carbocycles. The van der Waals surface area contributed by atoms with Gasteiger partial charge in [-0.2, -0.15) is 5.26 Å². The highest BCUT2D eigenvalue weighted by atomic mass is 19.1. The summed E-state index contributed by atoms with van der Waals surface area (Å²) in [4.78, 5) is 1.97. The standard InChI is InChI=1S/C12H13FN2/c1-3-7-15(4-2)11-6-5-10(9-14)12(13)8-11/h3,5-6,8H,1,4,7H2,2H3. The number of benzene rings is 1. The molecule has 0 spiro atoms. The molecule has 0 unspecified atom stereocenters. The summed E-state index contributed by atoms with van der Waals surface area (Å²) in [5, 5.41) is 8.59. The Bertz CT molecular complexity index is 393. The van der Waals surface area contributed by atoms with Gasteiger partial charge in [-0.05, 0) is 25.1 Å². The molecule has 0 heterocycles. The fraction of sp³-hybridized carbons (Fsp3) is 0.250. The lowest BCUT2D eigenvalue weighted by Crippen LogP contribution is -2.22. The zero-order valence-corrected chi connectivity index (χ0v) is 8.70. The van der Waals surface area contributed by atoms with Crippen molar-refractivity contribution >= 4 is 5.69 Å². The lowest BCUT2D eigenvalue weighted by atomic mass is 10.2. The Labute approximate surface area is 89.2 Å². The molecular weight excluding hydrogens is 191 g/mol. The molecule has 0 aliphatic heterocycles. The van der Waals surface area contributed by atoms with E-state index in [4.69, 9.17) is 5.26 Å². The maximum absolute atomic E-state index is 13.3. The van der Waals surface area contributed by atoms with E-state index < -0.39 is 5.82 Å². The van der Waals surface area contributed by atoms with Gasteiger partial charge in [0.25, 0.3) is 0 Å². The second-order valence-corrected chi connectivity index (χ2v) is 3.10. The lowest BCUT2D eigenvalue weighted by molar-refractivity contribution is 0.623. The van der Waals surface area contributed by atoms with Crippen LogP contribution in [0.15, 0.2) is 30.9 Å². The Hall–Kier alpha value is -1.82. The minimum Gasteiger partial charge on any atom is -0.368 e. The van der Waals surface area contributed by atoms with E-state index >= 15 is 0 Å². The molecule has 0 radical (unpaired) electrons. The van der Waals surface area contributed by atoms with Crippen LogP contribution in [0.1, 0.15) is 12.5 Å². The smallest absolute Gasteiger partial charge is 0.143 e. The van der Waals surface area contributed by atoms with Crippen molar-refractivity contribution in [3.05, 3.63) is 42.2 Å². The molecule has 0 N–H and O–H groups in total. The van der Waals surface area contributed by atoms with Crippen molar-refractivity contribution in [2.75, 3.05) is 18.0 Å². The lowest BCUT2D eigenvalue weighted by Gasteiger charge is -2.21. The number of hydrogen-bond acceptors (Lipinski definition) is 2. The van der Waals surface area contributed by atoms with Crippen molar-refractivity contribution in [1.82, 2.24) is 0 Å². The molecule has 0 fully saturated rings. The van der Waals surface area contributed by atoms with Crippen LogP contribution < -0.4 is 4.90 Å². The zero-order chi connectivity index (χ0) is 11.3. The van der Waals surface area contributed by atoms with Crippen LogP contribution >= 0.6 is 0 Å². The summed E-state index contributed by atoms with van der Waals surface area (Å²) in [6.07, 6.45) is 1.76. The van der Waals surface area contributed by atoms with Gasteiger partial charge >= 0.3 is 0 Å². The first-order valence-electron chi connectivity index (χ1n) is 4.78. The molecule has 78 valence electrons. The van der Waals surface area contributed by atoms with Gasteiger partial charge in [-0.15, -0.1) is 6.58 Å². The summed E-state index contributed by atoms with van der Waals surface area (Å²) in [5.41, 5.74) is 0.849. The predicted octanol–water partition coefficient (Wildman–Crippen LogP) is 2.71. The van der Waals surface area contributed by atoms with Gasteiger partial charge in [0, 0.05) is 18.8 Å². The van der Waals surface area contributed by atoms with Crippen LogP contribution in [-0.4, -0.2) is 13.1 Å². The van der Waals surface area contributed by atoms with E-state index in [9.17, 15) is 4.39 Å². The van der Waals surface area contributed by atoms with Gasteiger partial charge < -0.3 is 4.90 Å². The van der Waals surface area contributed by atoms with E-state index in [0.717, 1.165) is 12.2 Å². The molecule has 0 saturated heterocycles. The van der Waals surface area contributed by atoms with Crippen LogP contribution in [0.25, 0.3) is 0 Å². The van der Waals surface area contributed by atoms with Crippen LogP contribution in [0.2, 0.25) is 0 Å². The Morgan fingerprint density at radius 2 is 2.33 bits per heavy atom. The number of halogens is 1. The molecule has 0 aromatic heterocycles. The van der Waals surface area contributed by atoms with E-state index in [2.05, 4.69) is 6.58 Å². The Morgan fingerprint density at radius 3 is 2.80 bits per heavy atom. The number of likely N-dealkylation sites (N-methyl/N-ethyl adjacent to an activating group) is 1. The zero-order valence-electron chi connectivity index (χ0n) is 8.70. The molecular formula is C12H13FN2. The minimum absolute atomic E-state index is 0.0772. The third-order valence-electron chi connectivity index (χ3n) is 2.17. The van der Waals surface area contributed by atoms with Crippen LogP contribution in [0.4, 0.5) is 10.1 Å². The maximum atomic E-state index is 13.3. The first-order valence-corrected chi connectivity index (χ1v) is 4.78. The van der Waals surface area contributed by atoms with Crippen LogP contribution in [0.5, 0.6) is 0 Å². The van der Waals surface area contributed by atoms with Crippen molar-refractivity contribution in [2.45, 2.75) is 6.92 Å². The number of hydrogen-bond donors (Lipinski definition) is 0. The molecule has 0 saturated carbocycles. The van der Waals surface area contributed by atoms with E-state index in [-0.39, 0.29) is 5.56 Å². The second kappa shape index (κ2) is 5.16. The normalized spacial score (nSPS) is 9.40. The van der Waals surface area contributed by atoms with Gasteiger partial charge in [-0.1, -0.05) is 6.08 Å². The molecule has 0 amide bonds. The first-order chi connectivity index (χ1) is 7.22. The molecule has 0 aliphatic carbocycles. The number of nitriles is 1. The highest BCUT2D eigenvalue weighted by Gasteiger charge is 2.06. The first kappa shape index (κ1) is 11.3. The van der Waals surface area contributed by atoms with Crippen molar-refractivity contribution in [2.24, 2.45) is 0 Å². The summed E-state index contributed by atoms with van der Waals surface area (Å²) in [6.45, 7) is 7.07. The predicted molar refractivity (Wildman–Crippen MR) is 59.2 cm³/mol. The second-order valence-electron chi connectivity index (χ2n) is 3.10. The average Bonchev–Trinajstić information content (AvgIpc) is 2.25. The van der Waals surface area contributed by atoms with E-state index in [1.807, 2.05) is 11.8 Å². The largest absolute Gasteiger partial charge is 0.368 e. The van der Waals surface area contributed by atoms with Gasteiger partial charge in [-0.25, -0.2) is 4.39 Å². The third kappa shape index (κ3) is 2.57. The Balaban J connectivity index is 3.00. The average molecular weight is 204 g/mol. The van der Waals surface area contributed by atoms with Gasteiger partial charge in [0.05, 0.1) is 5.56 Å². The SMILES string of the molecule is C=CCN(CC)c1ccc(C#N)c(F)c1. The topological polar surface area (TPSA) is 27.0 Å². The maximum Gasteiger partial charge on any atom is 0.143 e. The minimum atomic E-state index is -0.475. The van der Waals surface area contributed by atoms with Crippen molar-refractivity contribution in [3.63, 3.8) is 0 Å². The van der Waals surface area contributed by atoms with Gasteiger partial charge in [-0.3, -0.25) is 0 Å². The fourth-order valence-electron chi connectivity index (χ4n) is 1.36. The Morgan fingerprint density at radius 1 is 1.60 bits per heavy atom. The van der Waals surface area contributed by atoms with Crippen molar-refractivity contribution in [1.29, 1.82) is 5.26 Å². The van der Waals surface area contributed by atoms with E-state index in [1.165, 1.54) is 12.1 Å². The van der Waals surface area contributed by atoms with Crippen LogP contribution in [0, 0.1) is 17.1 Å². The number of nitrogens with zero attached hydrogens (tertiary/aromatic N) is 2. The summed E-state index contributed by atoms with van der Waals surface area (Å²) in [7, 11) is 0. The molecule has 2 nitrogen and oxygen atoms in total. The number of anilines is 1. The van der Waals surface area contributed by atoms with E-state index in [0.29, 0.717) is 6.54 Å². The third-order valence-corrected chi connectivity index (χ3v) is 2.17. The molecule has 0 aliphatic rings. The molecule has 1 aromatic rings. The van der Waals surface area contributed by atoms with Gasteiger partial charge in [0.2, 0.25) is 0 Å². The van der Waals surface area contributed by atoms with Crippen molar-refractivity contribution in [3.8, 4) is 6.07 Å². The number of rotatable bonds is 4. The van der Waals surface area contributed by atoms with Crippen LogP contribution in [0.3, 0.4) is 0 Å². The summed E-state index contributed by atoms with van der Waals surface area (Å²) in [6, 6.07) is 6.42. The van der Waals surface area contributed by atoms with Gasteiger partial charge in [0.1, 0.15) is 11.9 Å². The highest BCUT2D eigenvalue weighted by Crippen LogP contribution is 2.18. The molecule has 0 atom stereocenters. The summed E-state index contributed by atoms with van der Waals surface area (Å²) < 4.78 is 13.3. The Kier molecular flexibility index (Phi) is 3.87. The quantitative estimate of drug-likeness (QED) is 0.705. The molecule has 15 heavy (non-hydrogen) atoms. The summed E-state index contributed by atoms with van der Waals surface area (Å²) >= 11 is 0. The summed E-state index contributed by atoms with van der Waals surface area (Å²) in [5.74, 6) is -0.475.